The van der Waals surface area contributed by atoms with Crippen LogP contribution in [-0.2, 0) is 24.3 Å². The van der Waals surface area contributed by atoms with E-state index in [4.69, 9.17) is 27.9 Å². The zero-order valence-electron chi connectivity index (χ0n) is 15.2. The zero-order valence-corrected chi connectivity index (χ0v) is 17.5. The van der Waals surface area contributed by atoms with Crippen molar-refractivity contribution in [3.63, 3.8) is 0 Å². The summed E-state index contributed by atoms with van der Waals surface area (Å²) < 4.78 is 31.5. The lowest BCUT2D eigenvalue weighted by atomic mass is 10.3. The third-order valence-corrected chi connectivity index (χ3v) is 5.89. The number of aromatic amines is 1. The highest BCUT2D eigenvalue weighted by Crippen LogP contribution is 2.24. The van der Waals surface area contributed by atoms with Gasteiger partial charge >= 0.3 is 5.97 Å². The fraction of sp³-hybridized carbons (Fsp3) is 0.188. The molecule has 0 spiro atoms. The maximum absolute atomic E-state index is 12.3. The van der Waals surface area contributed by atoms with Gasteiger partial charge in [-0.25, -0.2) is 23.4 Å². The molecular weight excluding hydrogens is 459 g/mol. The number of halogens is 2. The minimum absolute atomic E-state index is 0.0449. The number of carbonyl (C=O) groups excluding carboxylic acids is 2. The van der Waals surface area contributed by atoms with Crippen LogP contribution in [0.2, 0.25) is 10.0 Å². The molecule has 0 saturated carbocycles. The van der Waals surface area contributed by atoms with Gasteiger partial charge in [0.2, 0.25) is 10.0 Å². The Balaban J connectivity index is 1.56. The molecule has 1 atom stereocenters. The molecule has 11 nitrogen and oxygen atoms in total. The number of benzene rings is 1. The van der Waals surface area contributed by atoms with E-state index in [-0.39, 0.29) is 20.8 Å². The van der Waals surface area contributed by atoms with E-state index in [1.807, 2.05) is 0 Å². The van der Waals surface area contributed by atoms with Crippen LogP contribution in [0.4, 0.5) is 5.82 Å². The summed E-state index contributed by atoms with van der Waals surface area (Å²) in [7, 11) is -4.04. The average molecular weight is 473 g/mol. The topological polar surface area (TPSA) is 156 Å². The van der Waals surface area contributed by atoms with Crippen molar-refractivity contribution in [2.24, 2.45) is 0 Å². The van der Waals surface area contributed by atoms with Gasteiger partial charge in [0.1, 0.15) is 18.4 Å². The number of fused-ring (bicyclic) bond motifs is 1. The third-order valence-electron chi connectivity index (χ3n) is 3.75. The number of hydrogen-bond acceptors (Lipinski definition) is 8. The molecule has 0 fully saturated rings. The molecule has 3 N–H and O–H groups in total. The lowest BCUT2D eigenvalue weighted by molar-refractivity contribution is -0.151. The number of nitrogens with one attached hydrogen (secondary N) is 3. The van der Waals surface area contributed by atoms with Gasteiger partial charge in [0.25, 0.3) is 5.91 Å². The quantitative estimate of drug-likeness (QED) is 0.436. The molecule has 1 unspecified atom stereocenters. The number of imidazole rings is 1. The maximum atomic E-state index is 12.3. The van der Waals surface area contributed by atoms with Crippen molar-refractivity contribution in [2.45, 2.75) is 17.9 Å². The van der Waals surface area contributed by atoms with E-state index in [1.54, 1.807) is 0 Å². The van der Waals surface area contributed by atoms with Crippen LogP contribution in [-0.4, -0.2) is 52.9 Å². The minimum atomic E-state index is -4.04. The Bertz CT molecular complexity index is 1220. The van der Waals surface area contributed by atoms with Crippen molar-refractivity contribution in [1.82, 2.24) is 24.7 Å². The molecule has 158 valence electrons. The molecule has 2 aromatic heterocycles. The number of rotatable bonds is 7. The fourth-order valence-corrected chi connectivity index (χ4v) is 3.61. The SMILES string of the molecule is CC(OC(=O)CNS(=O)(=O)c1ccc(Cl)c(Cl)c1)C(=O)Nc1ncnc2nc[nH]c12. The van der Waals surface area contributed by atoms with Gasteiger partial charge in [-0.05, 0) is 25.1 Å². The summed E-state index contributed by atoms with van der Waals surface area (Å²) in [6.45, 7) is 0.630. The largest absolute Gasteiger partial charge is 0.452 e. The lowest BCUT2D eigenvalue weighted by Crippen LogP contribution is -2.36. The van der Waals surface area contributed by atoms with Crippen molar-refractivity contribution in [1.29, 1.82) is 0 Å². The molecule has 14 heteroatoms. The van der Waals surface area contributed by atoms with Crippen LogP contribution in [0.25, 0.3) is 11.2 Å². The van der Waals surface area contributed by atoms with E-state index in [0.29, 0.717) is 11.2 Å². The van der Waals surface area contributed by atoms with Crippen LogP contribution in [0.15, 0.2) is 35.7 Å². The Kier molecular flexibility index (Phi) is 6.51. The van der Waals surface area contributed by atoms with E-state index < -0.39 is 34.5 Å². The Morgan fingerprint density at radius 2 is 1.97 bits per heavy atom. The van der Waals surface area contributed by atoms with Gasteiger partial charge in [-0.1, -0.05) is 23.2 Å². The predicted octanol–water partition coefficient (Wildman–Crippen LogP) is 1.51. The van der Waals surface area contributed by atoms with Crippen LogP contribution in [0, 0.1) is 0 Å². The third kappa shape index (κ3) is 5.02. The summed E-state index contributed by atoms with van der Waals surface area (Å²) in [4.78, 5) is 38.6. The monoisotopic (exact) mass is 472 g/mol. The van der Waals surface area contributed by atoms with E-state index in [9.17, 15) is 18.0 Å². The molecular formula is C16H14Cl2N6O5S. The predicted molar refractivity (Wildman–Crippen MR) is 108 cm³/mol. The molecule has 0 aliphatic rings. The van der Waals surface area contributed by atoms with Crippen molar-refractivity contribution in [3.8, 4) is 0 Å². The van der Waals surface area contributed by atoms with Gasteiger partial charge in [0.05, 0.1) is 21.3 Å². The summed E-state index contributed by atoms with van der Waals surface area (Å²) >= 11 is 11.6. The number of anilines is 1. The normalized spacial score (nSPS) is 12.5. The van der Waals surface area contributed by atoms with Crippen LogP contribution in [0.1, 0.15) is 6.92 Å². The van der Waals surface area contributed by atoms with Crippen molar-refractivity contribution < 1.29 is 22.7 Å². The number of nitrogens with zero attached hydrogens (tertiary/aromatic N) is 3. The standard InChI is InChI=1S/C16H14Cl2N6O5S/c1-8(16(26)24-15-13-14(20-6-19-13)21-7-22-15)29-12(25)5-23-30(27,28)9-2-3-10(17)11(18)4-9/h2-4,6-8,23H,5H2,1H3,(H2,19,20,21,22,24,26). The van der Waals surface area contributed by atoms with E-state index in [0.717, 1.165) is 6.07 Å². The van der Waals surface area contributed by atoms with E-state index >= 15 is 0 Å². The average Bonchev–Trinajstić information content (AvgIpc) is 3.18. The summed E-state index contributed by atoms with van der Waals surface area (Å²) in [5, 5.41) is 2.71. The highest BCUT2D eigenvalue weighted by molar-refractivity contribution is 7.89. The van der Waals surface area contributed by atoms with Gasteiger partial charge in [-0.2, -0.15) is 4.72 Å². The van der Waals surface area contributed by atoms with Crippen LogP contribution in [0.3, 0.4) is 0 Å². The number of amides is 1. The summed E-state index contributed by atoms with van der Waals surface area (Å²) in [6, 6.07) is 3.69. The molecule has 1 aromatic carbocycles. The second-order valence-electron chi connectivity index (χ2n) is 5.85. The van der Waals surface area contributed by atoms with E-state index in [1.165, 1.54) is 31.7 Å². The van der Waals surface area contributed by atoms with Gasteiger partial charge < -0.3 is 15.0 Å². The summed E-state index contributed by atoms with van der Waals surface area (Å²) in [5.74, 6) is -1.48. The Labute approximate surface area is 180 Å². The maximum Gasteiger partial charge on any atom is 0.321 e. The number of carbonyl (C=O) groups is 2. The number of aromatic nitrogens is 4. The molecule has 30 heavy (non-hydrogen) atoms. The highest BCUT2D eigenvalue weighted by atomic mass is 35.5. The highest BCUT2D eigenvalue weighted by Gasteiger charge is 2.22. The van der Waals surface area contributed by atoms with Gasteiger partial charge in [0.15, 0.2) is 17.6 Å². The number of sulfonamides is 1. The molecule has 0 radical (unpaired) electrons. The number of H-pyrrole nitrogens is 1. The fourth-order valence-electron chi connectivity index (χ4n) is 2.25. The summed E-state index contributed by atoms with van der Waals surface area (Å²) in [6.07, 6.45) is 1.38. The Morgan fingerprint density at radius 3 is 2.70 bits per heavy atom. The Morgan fingerprint density at radius 1 is 1.20 bits per heavy atom. The molecule has 0 bridgehead atoms. The van der Waals surface area contributed by atoms with Gasteiger partial charge in [0, 0.05) is 0 Å². The molecule has 0 aliphatic heterocycles. The first kappa shape index (κ1) is 21.9. The molecule has 3 rings (SSSR count). The Hall–Kier alpha value is -2.80. The van der Waals surface area contributed by atoms with Crippen LogP contribution < -0.4 is 10.0 Å². The first-order valence-electron chi connectivity index (χ1n) is 8.26. The second-order valence-corrected chi connectivity index (χ2v) is 8.43. The van der Waals surface area contributed by atoms with Crippen molar-refractivity contribution in [3.05, 3.63) is 40.9 Å². The zero-order chi connectivity index (χ0) is 21.9. The van der Waals surface area contributed by atoms with Crippen molar-refractivity contribution >= 4 is 62.1 Å². The number of esters is 1. The minimum Gasteiger partial charge on any atom is -0.452 e. The molecule has 0 saturated heterocycles. The molecule has 0 aliphatic carbocycles. The van der Waals surface area contributed by atoms with Crippen LogP contribution in [0.5, 0.6) is 0 Å². The van der Waals surface area contributed by atoms with E-state index in [2.05, 4.69) is 30.0 Å². The second kappa shape index (κ2) is 8.92. The van der Waals surface area contributed by atoms with Crippen LogP contribution >= 0.6 is 23.2 Å². The number of ether oxygens (including phenoxy) is 1. The lowest BCUT2D eigenvalue weighted by Gasteiger charge is -2.14. The molecule has 1 amide bonds. The number of hydrogen-bond donors (Lipinski definition) is 3. The first-order chi connectivity index (χ1) is 14.2. The van der Waals surface area contributed by atoms with Gasteiger partial charge in [-0.3, -0.25) is 9.59 Å². The summed E-state index contributed by atoms with van der Waals surface area (Å²) in [5.41, 5.74) is 0.750. The van der Waals surface area contributed by atoms with Crippen molar-refractivity contribution in [2.75, 3.05) is 11.9 Å². The molecule has 3 aromatic rings. The first-order valence-corrected chi connectivity index (χ1v) is 10.5. The molecule has 2 heterocycles. The smallest absolute Gasteiger partial charge is 0.321 e. The van der Waals surface area contributed by atoms with Gasteiger partial charge in [-0.15, -0.1) is 0 Å².